The first-order chi connectivity index (χ1) is 8.93. The molecule has 19 heavy (non-hydrogen) atoms. The van der Waals surface area contributed by atoms with Gasteiger partial charge < -0.3 is 15.4 Å². The smallest absolute Gasteiger partial charge is 0.260 e. The highest BCUT2D eigenvalue weighted by Gasteiger charge is 2.16. The second-order valence-corrected chi connectivity index (χ2v) is 5.62. The molecule has 0 fully saturated rings. The molecule has 1 unspecified atom stereocenters. The van der Waals surface area contributed by atoms with Crippen molar-refractivity contribution < 1.29 is 9.53 Å². The van der Waals surface area contributed by atoms with E-state index in [1.54, 1.807) is 6.92 Å². The van der Waals surface area contributed by atoms with Gasteiger partial charge in [0.25, 0.3) is 5.91 Å². The number of hydrogen-bond donors (Lipinski definition) is 2. The van der Waals surface area contributed by atoms with Crippen molar-refractivity contribution in [1.29, 1.82) is 0 Å². The molecule has 0 spiro atoms. The van der Waals surface area contributed by atoms with Crippen molar-refractivity contribution in [3.63, 3.8) is 0 Å². The highest BCUT2D eigenvalue weighted by molar-refractivity contribution is 9.10. The Labute approximate surface area is 123 Å². The van der Waals surface area contributed by atoms with E-state index in [0.717, 1.165) is 15.8 Å². The van der Waals surface area contributed by atoms with Gasteiger partial charge in [-0.3, -0.25) is 4.79 Å². The van der Waals surface area contributed by atoms with Crippen LogP contribution in [0.15, 0.2) is 22.7 Å². The number of halogens is 1. The van der Waals surface area contributed by atoms with E-state index in [2.05, 4.69) is 26.6 Å². The van der Waals surface area contributed by atoms with Gasteiger partial charge in [-0.15, -0.1) is 0 Å². The van der Waals surface area contributed by atoms with Crippen LogP contribution in [0.4, 0.5) is 0 Å². The SMILES string of the molecule is CNCc1cc(Br)ccc1OC(C)C(=O)NC(C)C. The largest absolute Gasteiger partial charge is 0.481 e. The molecule has 106 valence electrons. The molecular formula is C14H21BrN2O2. The molecule has 0 aliphatic rings. The zero-order chi connectivity index (χ0) is 14.4. The van der Waals surface area contributed by atoms with Crippen LogP contribution in [0.2, 0.25) is 0 Å². The minimum atomic E-state index is -0.515. The molecule has 0 heterocycles. The molecule has 0 radical (unpaired) electrons. The number of amides is 1. The Bertz CT molecular complexity index is 435. The molecule has 0 saturated heterocycles. The van der Waals surface area contributed by atoms with E-state index in [1.165, 1.54) is 0 Å². The van der Waals surface area contributed by atoms with Gasteiger partial charge in [-0.05, 0) is 46.0 Å². The number of carbonyl (C=O) groups excluding carboxylic acids is 1. The average molecular weight is 329 g/mol. The van der Waals surface area contributed by atoms with Gasteiger partial charge in [0.15, 0.2) is 6.10 Å². The molecule has 2 N–H and O–H groups in total. The summed E-state index contributed by atoms with van der Waals surface area (Å²) in [5.74, 6) is 0.622. The van der Waals surface area contributed by atoms with Crippen LogP contribution in [0.3, 0.4) is 0 Å². The molecule has 5 heteroatoms. The van der Waals surface area contributed by atoms with Gasteiger partial charge in [0.1, 0.15) is 5.75 Å². The molecule has 1 atom stereocenters. The Hall–Kier alpha value is -1.07. The fraction of sp³-hybridized carbons (Fsp3) is 0.500. The van der Waals surface area contributed by atoms with Gasteiger partial charge >= 0.3 is 0 Å². The van der Waals surface area contributed by atoms with E-state index in [1.807, 2.05) is 39.1 Å². The van der Waals surface area contributed by atoms with Crippen LogP contribution in [0.1, 0.15) is 26.3 Å². The summed E-state index contributed by atoms with van der Waals surface area (Å²) in [5, 5.41) is 5.92. The highest BCUT2D eigenvalue weighted by Crippen LogP contribution is 2.24. The zero-order valence-electron chi connectivity index (χ0n) is 11.8. The molecule has 0 aromatic heterocycles. The molecule has 1 rings (SSSR count). The third kappa shape index (κ3) is 5.20. The van der Waals surface area contributed by atoms with E-state index in [0.29, 0.717) is 6.54 Å². The molecular weight excluding hydrogens is 308 g/mol. The van der Waals surface area contributed by atoms with Crippen LogP contribution < -0.4 is 15.4 Å². The molecule has 4 nitrogen and oxygen atoms in total. The van der Waals surface area contributed by atoms with Gasteiger partial charge in [0.05, 0.1) is 0 Å². The standard InChI is InChI=1S/C14H21BrN2O2/c1-9(2)17-14(18)10(3)19-13-6-5-12(15)7-11(13)8-16-4/h5-7,9-10,16H,8H2,1-4H3,(H,17,18). The molecule has 0 aliphatic carbocycles. The van der Waals surface area contributed by atoms with Gasteiger partial charge in [-0.25, -0.2) is 0 Å². The highest BCUT2D eigenvalue weighted by atomic mass is 79.9. The Morgan fingerprint density at radius 2 is 2.05 bits per heavy atom. The van der Waals surface area contributed by atoms with Gasteiger partial charge in [-0.1, -0.05) is 15.9 Å². The van der Waals surface area contributed by atoms with Crippen molar-refractivity contribution in [1.82, 2.24) is 10.6 Å². The summed E-state index contributed by atoms with van der Waals surface area (Å²) < 4.78 is 6.73. The number of hydrogen-bond acceptors (Lipinski definition) is 3. The predicted octanol–water partition coefficient (Wildman–Crippen LogP) is 2.46. The summed E-state index contributed by atoms with van der Waals surface area (Å²) in [7, 11) is 1.87. The van der Waals surface area contributed by atoms with Crippen molar-refractivity contribution in [3.05, 3.63) is 28.2 Å². The van der Waals surface area contributed by atoms with Crippen LogP contribution >= 0.6 is 15.9 Å². The normalized spacial score (nSPS) is 12.3. The Morgan fingerprint density at radius 1 is 1.37 bits per heavy atom. The van der Waals surface area contributed by atoms with Crippen LogP contribution in [-0.2, 0) is 11.3 Å². The summed E-state index contributed by atoms with van der Waals surface area (Å²) in [6.45, 7) is 6.30. The monoisotopic (exact) mass is 328 g/mol. The fourth-order valence-electron chi connectivity index (χ4n) is 1.64. The lowest BCUT2D eigenvalue weighted by atomic mass is 10.2. The maximum atomic E-state index is 11.8. The zero-order valence-corrected chi connectivity index (χ0v) is 13.4. The van der Waals surface area contributed by atoms with Gasteiger partial charge in [0.2, 0.25) is 0 Å². The molecule has 1 amide bonds. The molecule has 1 aromatic carbocycles. The van der Waals surface area contributed by atoms with E-state index >= 15 is 0 Å². The Balaban J connectivity index is 2.78. The lowest BCUT2D eigenvalue weighted by Gasteiger charge is -2.18. The minimum Gasteiger partial charge on any atom is -0.481 e. The van der Waals surface area contributed by atoms with E-state index in [9.17, 15) is 4.79 Å². The van der Waals surface area contributed by atoms with Gasteiger partial charge in [-0.2, -0.15) is 0 Å². The minimum absolute atomic E-state index is 0.103. The third-order valence-corrected chi connectivity index (χ3v) is 2.99. The molecule has 1 aromatic rings. The van der Waals surface area contributed by atoms with E-state index < -0.39 is 6.10 Å². The molecule has 0 bridgehead atoms. The molecule has 0 aliphatic heterocycles. The summed E-state index contributed by atoms with van der Waals surface area (Å²) in [6.07, 6.45) is -0.515. The number of nitrogens with one attached hydrogen (secondary N) is 2. The summed E-state index contributed by atoms with van der Waals surface area (Å²) in [6, 6.07) is 5.87. The Morgan fingerprint density at radius 3 is 2.63 bits per heavy atom. The number of ether oxygens (including phenoxy) is 1. The lowest BCUT2D eigenvalue weighted by molar-refractivity contribution is -0.127. The van der Waals surface area contributed by atoms with Crippen LogP contribution in [0.5, 0.6) is 5.75 Å². The molecule has 0 saturated carbocycles. The Kier molecular flexibility index (Phi) is 6.31. The second kappa shape index (κ2) is 7.50. The number of carbonyl (C=O) groups is 1. The van der Waals surface area contributed by atoms with Crippen LogP contribution in [0, 0.1) is 0 Å². The fourth-order valence-corrected chi connectivity index (χ4v) is 2.05. The first-order valence-electron chi connectivity index (χ1n) is 6.34. The van der Waals surface area contributed by atoms with Crippen LogP contribution in [-0.4, -0.2) is 25.1 Å². The lowest BCUT2D eigenvalue weighted by Crippen LogP contribution is -2.40. The average Bonchev–Trinajstić information content (AvgIpc) is 2.32. The quantitative estimate of drug-likeness (QED) is 0.843. The first kappa shape index (κ1) is 16.0. The number of benzene rings is 1. The van der Waals surface area contributed by atoms with Crippen molar-refractivity contribution in [2.45, 2.75) is 39.5 Å². The summed E-state index contributed by atoms with van der Waals surface area (Å²) in [4.78, 5) is 11.8. The second-order valence-electron chi connectivity index (χ2n) is 4.71. The first-order valence-corrected chi connectivity index (χ1v) is 7.13. The third-order valence-electron chi connectivity index (χ3n) is 2.49. The van der Waals surface area contributed by atoms with Crippen LogP contribution in [0.25, 0.3) is 0 Å². The maximum absolute atomic E-state index is 11.8. The topological polar surface area (TPSA) is 50.4 Å². The van der Waals surface area contributed by atoms with E-state index in [4.69, 9.17) is 4.74 Å². The van der Waals surface area contributed by atoms with Crippen molar-refractivity contribution in [3.8, 4) is 5.75 Å². The van der Waals surface area contributed by atoms with Crippen molar-refractivity contribution in [2.75, 3.05) is 7.05 Å². The summed E-state index contributed by atoms with van der Waals surface area (Å²) >= 11 is 3.43. The number of rotatable bonds is 6. The van der Waals surface area contributed by atoms with Gasteiger partial charge in [0, 0.05) is 22.6 Å². The van der Waals surface area contributed by atoms with Crippen molar-refractivity contribution in [2.24, 2.45) is 0 Å². The van der Waals surface area contributed by atoms with E-state index in [-0.39, 0.29) is 11.9 Å². The maximum Gasteiger partial charge on any atom is 0.260 e. The van der Waals surface area contributed by atoms with Crippen molar-refractivity contribution >= 4 is 21.8 Å². The predicted molar refractivity (Wildman–Crippen MR) is 80.3 cm³/mol. The summed E-state index contributed by atoms with van der Waals surface area (Å²) in [5.41, 5.74) is 1.01.